The van der Waals surface area contributed by atoms with E-state index >= 15 is 0 Å². The van der Waals surface area contributed by atoms with Crippen LogP contribution in [0.3, 0.4) is 0 Å². The Labute approximate surface area is 168 Å². The van der Waals surface area contributed by atoms with E-state index < -0.39 is 17.9 Å². The molecule has 1 atom stereocenters. The van der Waals surface area contributed by atoms with E-state index in [1.165, 1.54) is 6.92 Å². The number of nitrogens with zero attached hydrogens (tertiary/aromatic N) is 5. The maximum atomic E-state index is 12.7. The number of carbonyl (C=O) groups is 1. The van der Waals surface area contributed by atoms with Gasteiger partial charge in [0.2, 0.25) is 11.6 Å². The molecule has 0 aliphatic rings. The Morgan fingerprint density at radius 2 is 1.87 bits per heavy atom. The number of alkyl halides is 3. The Bertz CT molecular complexity index is 1220. The summed E-state index contributed by atoms with van der Waals surface area (Å²) in [4.78, 5) is 20.0. The minimum atomic E-state index is -4.67. The van der Waals surface area contributed by atoms with Gasteiger partial charge >= 0.3 is 6.18 Å². The van der Waals surface area contributed by atoms with Crippen LogP contribution in [0.2, 0.25) is 0 Å². The lowest BCUT2D eigenvalue weighted by molar-refractivity contribution is -0.144. The number of H-pyrrole nitrogens is 1. The van der Waals surface area contributed by atoms with Gasteiger partial charge in [-0.25, -0.2) is 4.98 Å². The van der Waals surface area contributed by atoms with Crippen LogP contribution >= 0.6 is 0 Å². The average molecular weight is 415 g/mol. The smallest absolute Gasteiger partial charge is 0.343 e. The minimum absolute atomic E-state index is 0.172. The highest BCUT2D eigenvalue weighted by molar-refractivity contribution is 5.92. The molecular formula is C19H16F3N7O. The molecule has 4 rings (SSSR count). The Kier molecular flexibility index (Phi) is 4.72. The third-order valence-electron chi connectivity index (χ3n) is 4.54. The summed E-state index contributed by atoms with van der Waals surface area (Å²) in [6.07, 6.45) is -4.67. The zero-order valence-electron chi connectivity index (χ0n) is 15.9. The quantitative estimate of drug-likeness (QED) is 0.532. The zero-order valence-corrected chi connectivity index (χ0v) is 15.9. The first-order chi connectivity index (χ1) is 14.2. The molecule has 1 amide bonds. The summed E-state index contributed by atoms with van der Waals surface area (Å²) in [6.45, 7) is 3.32. The van der Waals surface area contributed by atoms with E-state index in [0.29, 0.717) is 0 Å². The molecule has 0 aliphatic heterocycles. The van der Waals surface area contributed by atoms with Crippen LogP contribution in [0, 0.1) is 6.92 Å². The minimum Gasteiger partial charge on any atom is -0.343 e. The lowest BCUT2D eigenvalue weighted by Crippen LogP contribution is -2.28. The highest BCUT2D eigenvalue weighted by Gasteiger charge is 2.35. The van der Waals surface area contributed by atoms with Crippen molar-refractivity contribution in [2.45, 2.75) is 26.1 Å². The number of carbonyl (C=O) groups excluding carboxylic acids is 1. The van der Waals surface area contributed by atoms with E-state index in [2.05, 4.69) is 25.5 Å². The predicted octanol–water partition coefficient (Wildman–Crippen LogP) is 3.36. The molecule has 11 heteroatoms. The maximum absolute atomic E-state index is 12.7. The monoisotopic (exact) mass is 415 g/mol. The van der Waals surface area contributed by atoms with E-state index in [4.69, 9.17) is 0 Å². The van der Waals surface area contributed by atoms with E-state index in [1.807, 2.05) is 49.4 Å². The SMILES string of the molecule is Cc1nc(C(=O)N[C@@H](C)c2cccc3ccccc23)nn1-c1n[nH]c(C(F)(F)F)n1. The molecule has 30 heavy (non-hydrogen) atoms. The number of aryl methyl sites for hydroxylation is 1. The molecule has 4 aromatic rings. The van der Waals surface area contributed by atoms with Gasteiger partial charge in [-0.3, -0.25) is 9.89 Å². The number of rotatable bonds is 4. The second-order valence-corrected chi connectivity index (χ2v) is 6.64. The fraction of sp³-hybridized carbons (Fsp3) is 0.211. The normalized spacial score (nSPS) is 12.8. The van der Waals surface area contributed by atoms with Crippen molar-refractivity contribution in [2.75, 3.05) is 0 Å². The zero-order chi connectivity index (χ0) is 21.5. The summed E-state index contributed by atoms with van der Waals surface area (Å²) in [6, 6.07) is 13.2. The molecule has 0 aliphatic carbocycles. The standard InChI is InChI=1S/C19H16F3N7O/c1-10(13-9-5-7-12-6-3-4-8-14(12)13)23-16(30)15-24-11(2)29(28-15)18-25-17(26-27-18)19(20,21)22/h3-10H,1-2H3,(H,23,30)(H,25,26,27)/t10-/m0/s1. The molecule has 2 heterocycles. The summed E-state index contributed by atoms with van der Waals surface area (Å²) >= 11 is 0. The van der Waals surface area contributed by atoms with Crippen LogP contribution in [0.15, 0.2) is 42.5 Å². The van der Waals surface area contributed by atoms with E-state index in [1.54, 1.807) is 5.10 Å². The van der Waals surface area contributed by atoms with E-state index in [0.717, 1.165) is 21.0 Å². The topological polar surface area (TPSA) is 101 Å². The summed E-state index contributed by atoms with van der Waals surface area (Å²) in [5.41, 5.74) is 0.918. The van der Waals surface area contributed by atoms with Crippen LogP contribution in [0.4, 0.5) is 13.2 Å². The number of halogens is 3. The molecule has 2 aromatic carbocycles. The van der Waals surface area contributed by atoms with Gasteiger partial charge < -0.3 is 5.32 Å². The highest BCUT2D eigenvalue weighted by Crippen LogP contribution is 2.26. The molecule has 0 bridgehead atoms. The fourth-order valence-corrected chi connectivity index (χ4v) is 3.12. The Hall–Kier alpha value is -3.76. The number of fused-ring (bicyclic) bond motifs is 1. The Morgan fingerprint density at radius 3 is 2.60 bits per heavy atom. The molecule has 2 N–H and O–H groups in total. The lowest BCUT2D eigenvalue weighted by Gasteiger charge is -2.15. The van der Waals surface area contributed by atoms with Gasteiger partial charge in [0.15, 0.2) is 0 Å². The first-order valence-corrected chi connectivity index (χ1v) is 8.96. The molecule has 0 fully saturated rings. The lowest BCUT2D eigenvalue weighted by atomic mass is 10.00. The number of hydrogen-bond donors (Lipinski definition) is 2. The number of amides is 1. The van der Waals surface area contributed by atoms with Crippen molar-refractivity contribution in [1.29, 1.82) is 0 Å². The van der Waals surface area contributed by atoms with E-state index in [9.17, 15) is 18.0 Å². The van der Waals surface area contributed by atoms with Gasteiger partial charge in [0, 0.05) is 0 Å². The number of hydrogen-bond acceptors (Lipinski definition) is 5. The molecule has 154 valence electrons. The Morgan fingerprint density at radius 1 is 1.13 bits per heavy atom. The van der Waals surface area contributed by atoms with Gasteiger partial charge in [0.05, 0.1) is 6.04 Å². The van der Waals surface area contributed by atoms with Crippen LogP contribution in [-0.2, 0) is 6.18 Å². The van der Waals surface area contributed by atoms with Crippen LogP contribution < -0.4 is 5.32 Å². The number of nitrogens with one attached hydrogen (secondary N) is 2. The summed E-state index contributed by atoms with van der Waals surface area (Å²) in [5.74, 6) is -2.20. The molecule has 0 saturated carbocycles. The largest absolute Gasteiger partial charge is 0.451 e. The second kappa shape index (κ2) is 7.25. The average Bonchev–Trinajstić information content (AvgIpc) is 3.34. The first-order valence-electron chi connectivity index (χ1n) is 8.96. The van der Waals surface area contributed by atoms with Crippen molar-refractivity contribution in [2.24, 2.45) is 0 Å². The third-order valence-corrected chi connectivity index (χ3v) is 4.54. The van der Waals surface area contributed by atoms with Gasteiger partial charge in [-0.15, -0.1) is 10.2 Å². The van der Waals surface area contributed by atoms with Crippen molar-refractivity contribution < 1.29 is 18.0 Å². The summed E-state index contributed by atoms with van der Waals surface area (Å²) in [5, 5.41) is 14.1. The van der Waals surface area contributed by atoms with Crippen molar-refractivity contribution >= 4 is 16.7 Å². The van der Waals surface area contributed by atoms with Crippen LogP contribution in [0.5, 0.6) is 0 Å². The Balaban J connectivity index is 1.57. The number of benzene rings is 2. The van der Waals surface area contributed by atoms with Gasteiger partial charge in [-0.1, -0.05) is 42.5 Å². The van der Waals surface area contributed by atoms with Gasteiger partial charge in [-0.05, 0) is 30.2 Å². The third kappa shape index (κ3) is 3.61. The van der Waals surface area contributed by atoms with Crippen LogP contribution in [-0.4, -0.2) is 35.9 Å². The molecule has 8 nitrogen and oxygen atoms in total. The maximum Gasteiger partial charge on any atom is 0.451 e. The van der Waals surface area contributed by atoms with Crippen molar-refractivity contribution in [3.63, 3.8) is 0 Å². The number of aromatic amines is 1. The van der Waals surface area contributed by atoms with Crippen molar-refractivity contribution in [3.8, 4) is 5.95 Å². The summed E-state index contributed by atoms with van der Waals surface area (Å²) < 4.78 is 39.1. The van der Waals surface area contributed by atoms with Crippen LogP contribution in [0.25, 0.3) is 16.7 Å². The van der Waals surface area contributed by atoms with Crippen molar-refractivity contribution in [1.82, 2.24) is 35.3 Å². The molecule has 0 radical (unpaired) electrons. The molecule has 0 unspecified atom stereocenters. The molecule has 0 saturated heterocycles. The number of aromatic nitrogens is 6. The van der Waals surface area contributed by atoms with Gasteiger partial charge in [0.1, 0.15) is 5.82 Å². The molecule has 0 spiro atoms. The van der Waals surface area contributed by atoms with Crippen LogP contribution in [0.1, 0.15) is 40.8 Å². The van der Waals surface area contributed by atoms with Crippen molar-refractivity contribution in [3.05, 3.63) is 65.5 Å². The highest BCUT2D eigenvalue weighted by atomic mass is 19.4. The summed E-state index contributed by atoms with van der Waals surface area (Å²) in [7, 11) is 0. The van der Waals surface area contributed by atoms with Gasteiger partial charge in [-0.2, -0.15) is 22.8 Å². The first kappa shape index (κ1) is 19.6. The predicted molar refractivity (Wildman–Crippen MR) is 101 cm³/mol. The second-order valence-electron chi connectivity index (χ2n) is 6.64. The molecule has 2 aromatic heterocycles. The van der Waals surface area contributed by atoms with Gasteiger partial charge in [0.25, 0.3) is 11.9 Å². The fourth-order valence-electron chi connectivity index (χ4n) is 3.12. The van der Waals surface area contributed by atoms with E-state index in [-0.39, 0.29) is 23.6 Å². The molecular weight excluding hydrogens is 399 g/mol.